The van der Waals surface area contributed by atoms with Crippen molar-refractivity contribution in [2.45, 2.75) is 0 Å². The van der Waals surface area contributed by atoms with Crippen LogP contribution in [-0.4, -0.2) is 30.1 Å². The predicted molar refractivity (Wildman–Crippen MR) is 126 cm³/mol. The Labute approximate surface area is 195 Å². The zero-order valence-electron chi connectivity index (χ0n) is 17.9. The molecule has 0 fully saturated rings. The van der Waals surface area contributed by atoms with Crippen LogP contribution in [0.15, 0.2) is 79.1 Å². The number of benzene rings is 3. The maximum Gasteiger partial charge on any atom is 0.255 e. The Morgan fingerprint density at radius 1 is 0.848 bits per heavy atom. The van der Waals surface area contributed by atoms with Crippen LogP contribution in [0, 0.1) is 0 Å². The van der Waals surface area contributed by atoms with Crippen molar-refractivity contribution in [3.05, 3.63) is 89.7 Å². The first-order chi connectivity index (χ1) is 16.1. The van der Waals surface area contributed by atoms with Gasteiger partial charge in [0.15, 0.2) is 11.5 Å². The van der Waals surface area contributed by atoms with Gasteiger partial charge in [0, 0.05) is 22.9 Å². The van der Waals surface area contributed by atoms with Crippen LogP contribution in [0.5, 0.6) is 23.1 Å². The Hall–Kier alpha value is -4.10. The van der Waals surface area contributed by atoms with Gasteiger partial charge in [-0.2, -0.15) is 0 Å². The number of anilines is 1. The lowest BCUT2D eigenvalue weighted by Gasteiger charge is -2.10. The molecule has 0 saturated carbocycles. The molecule has 0 radical (unpaired) electrons. The van der Waals surface area contributed by atoms with Crippen molar-refractivity contribution >= 4 is 23.2 Å². The summed E-state index contributed by atoms with van der Waals surface area (Å²) in [5, 5.41) is 3.25. The third-order valence-electron chi connectivity index (χ3n) is 4.76. The summed E-state index contributed by atoms with van der Waals surface area (Å²) in [7, 11) is 3.11. The van der Waals surface area contributed by atoms with E-state index in [0.29, 0.717) is 45.1 Å². The molecular weight excluding hydrogens is 442 g/mol. The Morgan fingerprint density at radius 2 is 1.64 bits per heavy atom. The van der Waals surface area contributed by atoms with Crippen LogP contribution in [-0.2, 0) is 0 Å². The molecule has 0 bridgehead atoms. The molecular formula is C25H20ClN3O4. The summed E-state index contributed by atoms with van der Waals surface area (Å²) in [4.78, 5) is 21.3. The fraction of sp³-hybridized carbons (Fsp3) is 0.0800. The topological polar surface area (TPSA) is 82.6 Å². The Morgan fingerprint density at radius 3 is 2.39 bits per heavy atom. The van der Waals surface area contributed by atoms with Crippen molar-refractivity contribution in [2.24, 2.45) is 0 Å². The normalized spacial score (nSPS) is 10.4. The van der Waals surface area contributed by atoms with Crippen LogP contribution in [0.3, 0.4) is 0 Å². The number of methoxy groups -OCH3 is 2. The zero-order chi connectivity index (χ0) is 23.2. The van der Waals surface area contributed by atoms with Crippen molar-refractivity contribution in [2.75, 3.05) is 19.5 Å². The molecule has 7 nitrogen and oxygen atoms in total. The number of carbonyl (C=O) groups is 1. The molecule has 0 saturated heterocycles. The van der Waals surface area contributed by atoms with Crippen LogP contribution >= 0.6 is 11.6 Å². The lowest BCUT2D eigenvalue weighted by molar-refractivity contribution is 0.102. The summed E-state index contributed by atoms with van der Waals surface area (Å²) in [6, 6.07) is 21.1. The number of rotatable bonds is 7. The molecule has 1 aromatic heterocycles. The van der Waals surface area contributed by atoms with E-state index in [1.54, 1.807) is 61.7 Å². The molecule has 0 atom stereocenters. The first kappa shape index (κ1) is 22.1. The van der Waals surface area contributed by atoms with Crippen LogP contribution < -0.4 is 19.5 Å². The van der Waals surface area contributed by atoms with Crippen molar-refractivity contribution in [1.29, 1.82) is 0 Å². The van der Waals surface area contributed by atoms with Crippen molar-refractivity contribution in [1.82, 2.24) is 9.97 Å². The van der Waals surface area contributed by atoms with Crippen molar-refractivity contribution in [3.63, 3.8) is 0 Å². The SMILES string of the molecule is COc1ccc(NC(=O)c2cccc(-c3cc(Oc4ccccc4OC)ncn3)c2)cc1Cl. The Kier molecular flexibility index (Phi) is 6.71. The van der Waals surface area contributed by atoms with Crippen LogP contribution in [0.2, 0.25) is 5.02 Å². The van der Waals surface area contributed by atoms with Gasteiger partial charge in [-0.25, -0.2) is 9.97 Å². The fourth-order valence-electron chi connectivity index (χ4n) is 3.14. The van der Waals surface area contributed by atoms with Gasteiger partial charge in [-0.15, -0.1) is 0 Å². The second-order valence-electron chi connectivity index (χ2n) is 6.88. The van der Waals surface area contributed by atoms with Crippen LogP contribution in [0.4, 0.5) is 5.69 Å². The number of ether oxygens (including phenoxy) is 3. The largest absolute Gasteiger partial charge is 0.495 e. The van der Waals surface area contributed by atoms with E-state index in [1.165, 1.54) is 13.4 Å². The van der Waals surface area contributed by atoms with E-state index in [4.69, 9.17) is 25.8 Å². The summed E-state index contributed by atoms with van der Waals surface area (Å²) in [5.41, 5.74) is 2.37. The highest BCUT2D eigenvalue weighted by molar-refractivity contribution is 6.32. The van der Waals surface area contributed by atoms with Gasteiger partial charge in [-0.05, 0) is 42.5 Å². The van der Waals surface area contributed by atoms with E-state index >= 15 is 0 Å². The highest BCUT2D eigenvalue weighted by Crippen LogP contribution is 2.31. The third kappa shape index (κ3) is 5.22. The number of halogens is 1. The summed E-state index contributed by atoms with van der Waals surface area (Å²) in [6.07, 6.45) is 1.41. The lowest BCUT2D eigenvalue weighted by Crippen LogP contribution is -2.12. The standard InChI is InChI=1S/C25H20ClN3O4/c1-31-21-11-10-18(13-19(21)26)29-25(30)17-7-5-6-16(12-17)20-14-24(28-15-27-20)33-23-9-4-3-8-22(23)32-2/h3-15H,1-2H3,(H,29,30). The van der Waals surface area contributed by atoms with Gasteiger partial charge in [0.2, 0.25) is 5.88 Å². The number of hydrogen-bond donors (Lipinski definition) is 1. The molecule has 166 valence electrons. The van der Waals surface area contributed by atoms with Gasteiger partial charge in [0.05, 0.1) is 24.9 Å². The number of nitrogens with zero attached hydrogens (tertiary/aromatic N) is 2. The second-order valence-corrected chi connectivity index (χ2v) is 7.29. The van der Waals surface area contributed by atoms with E-state index in [-0.39, 0.29) is 5.91 Å². The first-order valence-corrected chi connectivity index (χ1v) is 10.3. The molecule has 1 amide bonds. The van der Waals surface area contributed by atoms with Gasteiger partial charge >= 0.3 is 0 Å². The van der Waals surface area contributed by atoms with E-state index in [9.17, 15) is 4.79 Å². The van der Waals surface area contributed by atoms with E-state index < -0.39 is 0 Å². The molecule has 1 N–H and O–H groups in total. The van der Waals surface area contributed by atoms with E-state index in [0.717, 1.165) is 5.56 Å². The Bertz CT molecular complexity index is 1300. The van der Waals surface area contributed by atoms with Crippen molar-refractivity contribution in [3.8, 4) is 34.4 Å². The number of amides is 1. The second kappa shape index (κ2) is 10.0. The maximum atomic E-state index is 12.8. The molecule has 8 heteroatoms. The Balaban J connectivity index is 1.54. The average molecular weight is 462 g/mol. The highest BCUT2D eigenvalue weighted by Gasteiger charge is 2.12. The van der Waals surface area contributed by atoms with Gasteiger partial charge in [-0.1, -0.05) is 35.9 Å². The summed E-state index contributed by atoms with van der Waals surface area (Å²) in [6.45, 7) is 0. The van der Waals surface area contributed by atoms with Crippen LogP contribution in [0.1, 0.15) is 10.4 Å². The summed E-state index contributed by atoms with van der Waals surface area (Å²) >= 11 is 6.15. The van der Waals surface area contributed by atoms with E-state index in [2.05, 4.69) is 15.3 Å². The van der Waals surface area contributed by atoms with Gasteiger partial charge in [-0.3, -0.25) is 4.79 Å². The quantitative estimate of drug-likeness (QED) is 0.371. The zero-order valence-corrected chi connectivity index (χ0v) is 18.7. The number of carbonyl (C=O) groups excluding carboxylic acids is 1. The third-order valence-corrected chi connectivity index (χ3v) is 5.05. The minimum atomic E-state index is -0.280. The average Bonchev–Trinajstić information content (AvgIpc) is 2.85. The highest BCUT2D eigenvalue weighted by atomic mass is 35.5. The summed E-state index contributed by atoms with van der Waals surface area (Å²) < 4.78 is 16.3. The minimum Gasteiger partial charge on any atom is -0.495 e. The number of nitrogens with one attached hydrogen (secondary N) is 1. The molecule has 0 aliphatic rings. The minimum absolute atomic E-state index is 0.280. The molecule has 0 aliphatic heterocycles. The molecule has 4 rings (SSSR count). The molecule has 0 aliphatic carbocycles. The molecule has 4 aromatic rings. The monoisotopic (exact) mass is 461 g/mol. The maximum absolute atomic E-state index is 12.8. The van der Waals surface area contributed by atoms with Gasteiger partial charge < -0.3 is 19.5 Å². The fourth-order valence-corrected chi connectivity index (χ4v) is 3.39. The summed E-state index contributed by atoms with van der Waals surface area (Å²) in [5.74, 6) is 1.74. The smallest absolute Gasteiger partial charge is 0.255 e. The predicted octanol–water partition coefficient (Wildman–Crippen LogP) is 5.86. The number of para-hydroxylation sites is 2. The van der Waals surface area contributed by atoms with Gasteiger partial charge in [0.1, 0.15) is 12.1 Å². The molecule has 0 unspecified atom stereocenters. The first-order valence-electron chi connectivity index (χ1n) is 9.95. The van der Waals surface area contributed by atoms with Crippen LogP contribution in [0.25, 0.3) is 11.3 Å². The van der Waals surface area contributed by atoms with E-state index in [1.807, 2.05) is 18.2 Å². The molecule has 1 heterocycles. The molecule has 0 spiro atoms. The number of hydrogen-bond acceptors (Lipinski definition) is 6. The lowest BCUT2D eigenvalue weighted by atomic mass is 10.1. The van der Waals surface area contributed by atoms with Gasteiger partial charge in [0.25, 0.3) is 5.91 Å². The molecule has 33 heavy (non-hydrogen) atoms. The number of aromatic nitrogens is 2. The molecule has 3 aromatic carbocycles. The van der Waals surface area contributed by atoms with Crippen molar-refractivity contribution < 1.29 is 19.0 Å².